The van der Waals surface area contributed by atoms with Crippen molar-refractivity contribution in [2.24, 2.45) is 0 Å². The first-order chi connectivity index (χ1) is 12.4. The van der Waals surface area contributed by atoms with Gasteiger partial charge in [0, 0.05) is 4.90 Å². The summed E-state index contributed by atoms with van der Waals surface area (Å²) in [7, 11) is -0.653. The number of ether oxygens (including phenoxy) is 1. The molecule has 0 spiro atoms. The van der Waals surface area contributed by atoms with Gasteiger partial charge in [-0.2, -0.15) is 13.2 Å². The molecule has 2 unspecified atom stereocenters. The molecule has 2 aromatic rings. The zero-order chi connectivity index (χ0) is 20.5. The van der Waals surface area contributed by atoms with Gasteiger partial charge in [0.1, 0.15) is 5.75 Å². The number of aliphatic hydroxyl groups is 1. The quantitative estimate of drug-likeness (QED) is 0.801. The maximum Gasteiger partial charge on any atom is 0.422 e. The van der Waals surface area contributed by atoms with Crippen LogP contribution in [0.25, 0.3) is 0 Å². The molecule has 3 nitrogen and oxygen atoms in total. The van der Waals surface area contributed by atoms with Gasteiger partial charge >= 0.3 is 6.18 Å². The Morgan fingerprint density at radius 1 is 0.926 bits per heavy atom. The van der Waals surface area contributed by atoms with Crippen molar-refractivity contribution in [3.8, 4) is 5.75 Å². The summed E-state index contributed by atoms with van der Waals surface area (Å²) in [5, 5.41) is 10.4. The third-order valence-corrected chi connectivity index (χ3v) is 5.84. The largest absolute Gasteiger partial charge is 0.497 e. The predicted octanol–water partition coefficient (Wildman–Crippen LogP) is 4.55. The highest BCUT2D eigenvalue weighted by molar-refractivity contribution is 7.85. The normalized spacial score (nSPS) is 15.9. The Morgan fingerprint density at radius 3 is 1.81 bits per heavy atom. The molecule has 2 aromatic carbocycles. The van der Waals surface area contributed by atoms with E-state index in [-0.39, 0.29) is 15.9 Å². The summed E-state index contributed by atoms with van der Waals surface area (Å²) in [4.78, 5) is 0.235. The Labute approximate surface area is 159 Å². The summed E-state index contributed by atoms with van der Waals surface area (Å²) < 4.78 is 58.5. The molecule has 0 aliphatic heterocycles. The van der Waals surface area contributed by atoms with Crippen LogP contribution in [0.3, 0.4) is 0 Å². The topological polar surface area (TPSA) is 46.5 Å². The third kappa shape index (κ3) is 4.71. The molecule has 0 aromatic heterocycles. The second kappa shape index (κ2) is 7.64. The van der Waals surface area contributed by atoms with Gasteiger partial charge in [0.05, 0.1) is 23.7 Å². The zero-order valence-electron chi connectivity index (χ0n) is 15.6. The van der Waals surface area contributed by atoms with Crippen LogP contribution >= 0.6 is 0 Å². The minimum atomic E-state index is -4.98. The summed E-state index contributed by atoms with van der Waals surface area (Å²) in [5.41, 5.74) is -2.76. The highest BCUT2D eigenvalue weighted by atomic mass is 32.2. The van der Waals surface area contributed by atoms with Crippen LogP contribution < -0.4 is 4.74 Å². The number of halogens is 3. The predicted molar refractivity (Wildman–Crippen MR) is 99.4 cm³/mol. The molecule has 0 fully saturated rings. The molecule has 0 amide bonds. The first kappa shape index (κ1) is 21.4. The Kier molecular flexibility index (Phi) is 6.06. The van der Waals surface area contributed by atoms with Crippen molar-refractivity contribution in [1.29, 1.82) is 0 Å². The van der Waals surface area contributed by atoms with E-state index in [9.17, 15) is 22.5 Å². The maximum absolute atomic E-state index is 13.7. The molecule has 148 valence electrons. The molecule has 2 atom stereocenters. The van der Waals surface area contributed by atoms with Crippen molar-refractivity contribution in [3.05, 3.63) is 59.7 Å². The van der Waals surface area contributed by atoms with E-state index in [0.717, 1.165) is 17.7 Å². The molecule has 0 saturated heterocycles. The monoisotopic (exact) mass is 400 g/mol. The molecule has 7 heteroatoms. The van der Waals surface area contributed by atoms with Crippen LogP contribution in [0.15, 0.2) is 53.4 Å². The Bertz CT molecular complexity index is 793. The Balaban J connectivity index is 2.34. The molecule has 0 aliphatic carbocycles. The van der Waals surface area contributed by atoms with Crippen LogP contribution in [0.4, 0.5) is 13.2 Å². The van der Waals surface area contributed by atoms with E-state index < -0.39 is 28.3 Å². The minimum Gasteiger partial charge on any atom is -0.497 e. The third-order valence-electron chi connectivity index (χ3n) is 4.36. The van der Waals surface area contributed by atoms with E-state index in [1.54, 1.807) is 24.3 Å². The molecular weight excluding hydrogens is 377 g/mol. The molecule has 0 heterocycles. The van der Waals surface area contributed by atoms with Crippen LogP contribution in [0, 0.1) is 0 Å². The van der Waals surface area contributed by atoms with Gasteiger partial charge in [-0.3, -0.25) is 4.21 Å². The van der Waals surface area contributed by atoms with Gasteiger partial charge in [-0.05, 0) is 40.8 Å². The maximum atomic E-state index is 13.7. The van der Waals surface area contributed by atoms with Gasteiger partial charge in [-0.15, -0.1) is 0 Å². The fourth-order valence-corrected chi connectivity index (χ4v) is 3.89. The molecule has 0 radical (unpaired) electrons. The van der Waals surface area contributed by atoms with E-state index in [1.807, 2.05) is 20.8 Å². The molecular formula is C20H23F3O3S. The van der Waals surface area contributed by atoms with Crippen molar-refractivity contribution >= 4 is 10.8 Å². The molecule has 0 bridgehead atoms. The standard InChI is InChI=1S/C20H23F3O3S/c1-18(2,3)14-7-11-17(12-8-14)27(25)13-19(24,20(21,22)23)15-5-9-16(26-4)10-6-15/h5-12,24H,13H2,1-4H3. The lowest BCUT2D eigenvalue weighted by molar-refractivity contribution is -0.256. The molecule has 1 N–H and O–H groups in total. The zero-order valence-corrected chi connectivity index (χ0v) is 16.4. The molecule has 0 saturated carbocycles. The number of hydrogen-bond donors (Lipinski definition) is 1. The van der Waals surface area contributed by atoms with Crippen LogP contribution in [0.2, 0.25) is 0 Å². The highest BCUT2D eigenvalue weighted by Crippen LogP contribution is 2.41. The summed E-state index contributed by atoms with van der Waals surface area (Å²) in [6, 6.07) is 11.5. The lowest BCUT2D eigenvalue weighted by Gasteiger charge is -2.30. The smallest absolute Gasteiger partial charge is 0.422 e. The Morgan fingerprint density at radius 2 is 1.41 bits per heavy atom. The average Bonchev–Trinajstić information content (AvgIpc) is 2.60. The molecule has 0 aliphatic rings. The number of benzene rings is 2. The van der Waals surface area contributed by atoms with Gasteiger partial charge in [0.15, 0.2) is 5.60 Å². The van der Waals surface area contributed by atoms with Crippen molar-refractivity contribution in [1.82, 2.24) is 0 Å². The van der Waals surface area contributed by atoms with Gasteiger partial charge in [-0.1, -0.05) is 45.0 Å². The number of alkyl halides is 3. The number of methoxy groups -OCH3 is 1. The number of hydrogen-bond acceptors (Lipinski definition) is 3. The highest BCUT2D eigenvalue weighted by Gasteiger charge is 2.56. The number of rotatable bonds is 5. The minimum absolute atomic E-state index is 0.129. The van der Waals surface area contributed by atoms with Crippen LogP contribution in [0.5, 0.6) is 5.75 Å². The second-order valence-corrected chi connectivity index (χ2v) is 8.80. The fraction of sp³-hybridized carbons (Fsp3) is 0.400. The summed E-state index contributed by atoms with van der Waals surface area (Å²) >= 11 is 0. The lowest BCUT2D eigenvalue weighted by atomic mass is 9.87. The summed E-state index contributed by atoms with van der Waals surface area (Å²) in [5.74, 6) is -0.625. The first-order valence-corrected chi connectivity index (χ1v) is 9.63. The van der Waals surface area contributed by atoms with E-state index in [1.165, 1.54) is 19.2 Å². The van der Waals surface area contributed by atoms with Crippen LogP contribution in [0.1, 0.15) is 31.9 Å². The van der Waals surface area contributed by atoms with E-state index in [4.69, 9.17) is 4.74 Å². The Hall–Kier alpha value is -1.86. The first-order valence-electron chi connectivity index (χ1n) is 8.31. The van der Waals surface area contributed by atoms with Crippen LogP contribution in [-0.2, 0) is 21.8 Å². The molecule has 2 rings (SSSR count). The van der Waals surface area contributed by atoms with Gasteiger partial charge in [0.25, 0.3) is 0 Å². The van der Waals surface area contributed by atoms with Crippen molar-refractivity contribution in [3.63, 3.8) is 0 Å². The SMILES string of the molecule is COc1ccc(C(O)(CS(=O)c2ccc(C(C)(C)C)cc2)C(F)(F)F)cc1. The summed E-state index contributed by atoms with van der Waals surface area (Å²) in [6.07, 6.45) is -4.98. The van der Waals surface area contributed by atoms with E-state index in [2.05, 4.69) is 0 Å². The van der Waals surface area contributed by atoms with Gasteiger partial charge in [0.2, 0.25) is 0 Å². The van der Waals surface area contributed by atoms with Crippen molar-refractivity contribution < 1.29 is 27.2 Å². The van der Waals surface area contributed by atoms with E-state index >= 15 is 0 Å². The van der Waals surface area contributed by atoms with Gasteiger partial charge in [-0.25, -0.2) is 0 Å². The average molecular weight is 400 g/mol. The summed E-state index contributed by atoms with van der Waals surface area (Å²) in [6.45, 7) is 6.02. The van der Waals surface area contributed by atoms with Gasteiger partial charge < -0.3 is 9.84 Å². The second-order valence-electron chi connectivity index (χ2n) is 7.35. The lowest BCUT2D eigenvalue weighted by Crippen LogP contribution is -2.46. The fourth-order valence-electron chi connectivity index (χ4n) is 2.58. The van der Waals surface area contributed by atoms with Crippen LogP contribution in [-0.4, -0.2) is 28.4 Å². The van der Waals surface area contributed by atoms with Crippen molar-refractivity contribution in [2.45, 2.75) is 42.9 Å². The molecule has 27 heavy (non-hydrogen) atoms. The van der Waals surface area contributed by atoms with Crippen molar-refractivity contribution in [2.75, 3.05) is 12.9 Å². The van der Waals surface area contributed by atoms with E-state index in [0.29, 0.717) is 5.75 Å².